The Hall–Kier alpha value is -1.23. The molecule has 112 valence electrons. The summed E-state index contributed by atoms with van der Waals surface area (Å²) >= 11 is 1.66. The number of hydrogen-bond acceptors (Lipinski definition) is 4. The van der Waals surface area contributed by atoms with Gasteiger partial charge in [0.05, 0.1) is 11.2 Å². The van der Waals surface area contributed by atoms with Crippen LogP contribution in [0.15, 0.2) is 35.2 Å². The Morgan fingerprint density at radius 2 is 2.05 bits per heavy atom. The van der Waals surface area contributed by atoms with Gasteiger partial charge in [0, 0.05) is 24.5 Å². The first-order valence-corrected chi connectivity index (χ1v) is 8.61. The van der Waals surface area contributed by atoms with E-state index in [1.165, 1.54) is 24.0 Å². The lowest BCUT2D eigenvalue weighted by Gasteiger charge is -2.18. The third kappa shape index (κ3) is 4.63. The van der Waals surface area contributed by atoms with Crippen molar-refractivity contribution in [3.05, 3.63) is 52.0 Å². The van der Waals surface area contributed by atoms with Gasteiger partial charge in [0.25, 0.3) is 0 Å². The van der Waals surface area contributed by atoms with Crippen LogP contribution in [0.3, 0.4) is 0 Å². The molecule has 1 saturated carbocycles. The quantitative estimate of drug-likeness (QED) is 0.812. The van der Waals surface area contributed by atoms with Gasteiger partial charge in [-0.1, -0.05) is 24.3 Å². The van der Waals surface area contributed by atoms with E-state index >= 15 is 0 Å². The number of nitrogens with one attached hydrogen (secondary N) is 1. The number of aromatic nitrogens is 1. The second kappa shape index (κ2) is 7.16. The Labute approximate surface area is 131 Å². The maximum Gasteiger partial charge on any atom is 0.0795 e. The van der Waals surface area contributed by atoms with Crippen molar-refractivity contribution in [2.24, 2.45) is 0 Å². The number of thiazole rings is 1. The average Bonchev–Trinajstić information content (AvgIpc) is 3.16. The first-order valence-electron chi connectivity index (χ1n) is 7.67. The smallest absolute Gasteiger partial charge is 0.0795 e. The van der Waals surface area contributed by atoms with Gasteiger partial charge in [-0.15, -0.1) is 11.3 Å². The molecule has 1 aromatic heterocycles. The summed E-state index contributed by atoms with van der Waals surface area (Å²) in [4.78, 5) is 6.70. The Balaban J connectivity index is 1.55. The number of nitrogens with zero attached hydrogens (tertiary/aromatic N) is 2. The Kier molecular flexibility index (Phi) is 5.01. The van der Waals surface area contributed by atoms with Crippen molar-refractivity contribution in [2.45, 2.75) is 38.4 Å². The maximum atomic E-state index is 4.36. The van der Waals surface area contributed by atoms with E-state index in [0.29, 0.717) is 0 Å². The Morgan fingerprint density at radius 3 is 2.76 bits per heavy atom. The summed E-state index contributed by atoms with van der Waals surface area (Å²) < 4.78 is 0. The molecule has 2 aromatic rings. The van der Waals surface area contributed by atoms with Crippen molar-refractivity contribution in [3.63, 3.8) is 0 Å². The fraction of sp³-hybridized carbons (Fsp3) is 0.471. The first kappa shape index (κ1) is 14.7. The van der Waals surface area contributed by atoms with Crippen molar-refractivity contribution < 1.29 is 0 Å². The van der Waals surface area contributed by atoms with Crippen LogP contribution in [0.5, 0.6) is 0 Å². The normalized spacial score (nSPS) is 14.8. The van der Waals surface area contributed by atoms with E-state index in [9.17, 15) is 0 Å². The summed E-state index contributed by atoms with van der Waals surface area (Å²) in [6.45, 7) is 2.99. The summed E-state index contributed by atoms with van der Waals surface area (Å²) in [5, 5.41) is 5.73. The topological polar surface area (TPSA) is 28.2 Å². The van der Waals surface area contributed by atoms with E-state index in [4.69, 9.17) is 0 Å². The van der Waals surface area contributed by atoms with Gasteiger partial charge in [-0.2, -0.15) is 0 Å². The van der Waals surface area contributed by atoms with E-state index in [1.807, 2.05) is 5.51 Å². The summed E-state index contributed by atoms with van der Waals surface area (Å²) in [7, 11) is 2.17. The Bertz CT molecular complexity index is 549. The molecule has 0 spiro atoms. The monoisotopic (exact) mass is 301 g/mol. The van der Waals surface area contributed by atoms with Crippen molar-refractivity contribution in [3.8, 4) is 0 Å². The van der Waals surface area contributed by atoms with Crippen LogP contribution in [0.1, 0.15) is 29.7 Å². The van der Waals surface area contributed by atoms with Crippen LogP contribution >= 0.6 is 11.3 Å². The molecule has 0 bridgehead atoms. The van der Waals surface area contributed by atoms with Gasteiger partial charge >= 0.3 is 0 Å². The number of hydrogen-bond donors (Lipinski definition) is 1. The van der Waals surface area contributed by atoms with Crippen molar-refractivity contribution in [1.82, 2.24) is 15.2 Å². The number of rotatable bonds is 8. The van der Waals surface area contributed by atoms with E-state index in [1.54, 1.807) is 11.3 Å². The molecule has 0 atom stereocenters. The predicted molar refractivity (Wildman–Crippen MR) is 88.5 cm³/mol. The minimum absolute atomic E-state index is 0.796. The molecule has 0 radical (unpaired) electrons. The minimum atomic E-state index is 0.796. The van der Waals surface area contributed by atoms with E-state index in [0.717, 1.165) is 37.8 Å². The second-order valence-electron chi connectivity index (χ2n) is 5.90. The summed E-state index contributed by atoms with van der Waals surface area (Å²) in [5.74, 6) is 0. The highest BCUT2D eigenvalue weighted by molar-refractivity contribution is 7.07. The number of benzene rings is 1. The maximum absolute atomic E-state index is 4.36. The molecule has 1 aliphatic rings. The fourth-order valence-corrected chi connectivity index (χ4v) is 3.14. The van der Waals surface area contributed by atoms with Crippen molar-refractivity contribution >= 4 is 11.3 Å². The highest BCUT2D eigenvalue weighted by atomic mass is 32.1. The highest BCUT2D eigenvalue weighted by Gasteiger charge is 2.19. The molecule has 1 heterocycles. The van der Waals surface area contributed by atoms with Crippen LogP contribution in [0.25, 0.3) is 0 Å². The van der Waals surface area contributed by atoms with Crippen LogP contribution < -0.4 is 5.32 Å². The van der Waals surface area contributed by atoms with Crippen LogP contribution in [0, 0.1) is 0 Å². The van der Waals surface area contributed by atoms with Gasteiger partial charge in [0.1, 0.15) is 0 Å². The molecule has 1 N–H and O–H groups in total. The van der Waals surface area contributed by atoms with E-state index < -0.39 is 0 Å². The molecule has 21 heavy (non-hydrogen) atoms. The SMILES string of the molecule is CN(Cc1cscn1)Cc1ccccc1CCNC1CC1. The zero-order chi connectivity index (χ0) is 14.5. The zero-order valence-corrected chi connectivity index (χ0v) is 13.4. The lowest BCUT2D eigenvalue weighted by atomic mass is 10.0. The summed E-state index contributed by atoms with van der Waals surface area (Å²) in [6.07, 6.45) is 3.84. The largest absolute Gasteiger partial charge is 0.314 e. The lowest BCUT2D eigenvalue weighted by Crippen LogP contribution is -2.21. The molecule has 0 unspecified atom stereocenters. The molecule has 3 rings (SSSR count). The van der Waals surface area contributed by atoms with Gasteiger partial charge in [-0.05, 0) is 44.0 Å². The first-order chi connectivity index (χ1) is 10.3. The third-order valence-corrected chi connectivity index (χ3v) is 4.51. The zero-order valence-electron chi connectivity index (χ0n) is 12.6. The second-order valence-corrected chi connectivity index (χ2v) is 6.62. The highest BCUT2D eigenvalue weighted by Crippen LogP contribution is 2.19. The minimum Gasteiger partial charge on any atom is -0.314 e. The standard InChI is InChI=1S/C17H23N3S/c1-20(11-17-12-21-13-19-17)10-15-5-3-2-4-14(15)8-9-18-16-6-7-16/h2-5,12-13,16,18H,6-11H2,1H3. The fourth-order valence-electron chi connectivity index (χ4n) is 2.59. The van der Waals surface area contributed by atoms with Crippen molar-refractivity contribution in [2.75, 3.05) is 13.6 Å². The molecule has 0 saturated heterocycles. The van der Waals surface area contributed by atoms with Gasteiger partial charge in [0.15, 0.2) is 0 Å². The molecule has 0 amide bonds. The molecular formula is C17H23N3S. The molecule has 4 heteroatoms. The van der Waals surface area contributed by atoms with Gasteiger partial charge in [0.2, 0.25) is 0 Å². The molecule has 1 fully saturated rings. The van der Waals surface area contributed by atoms with Crippen LogP contribution in [0.4, 0.5) is 0 Å². The lowest BCUT2D eigenvalue weighted by molar-refractivity contribution is 0.314. The molecule has 3 nitrogen and oxygen atoms in total. The van der Waals surface area contributed by atoms with Crippen LogP contribution in [-0.4, -0.2) is 29.5 Å². The molecule has 0 aliphatic heterocycles. The van der Waals surface area contributed by atoms with Gasteiger partial charge in [-0.3, -0.25) is 4.90 Å². The molecular weight excluding hydrogens is 278 g/mol. The Morgan fingerprint density at radius 1 is 1.24 bits per heavy atom. The van der Waals surface area contributed by atoms with Gasteiger partial charge < -0.3 is 5.32 Å². The van der Waals surface area contributed by atoms with E-state index in [2.05, 4.69) is 51.9 Å². The molecule has 1 aromatic carbocycles. The van der Waals surface area contributed by atoms with Crippen molar-refractivity contribution in [1.29, 1.82) is 0 Å². The molecule has 1 aliphatic carbocycles. The predicted octanol–water partition coefficient (Wildman–Crippen LogP) is 3.07. The van der Waals surface area contributed by atoms with Crippen LogP contribution in [-0.2, 0) is 19.5 Å². The third-order valence-electron chi connectivity index (χ3n) is 3.88. The van der Waals surface area contributed by atoms with Crippen LogP contribution in [0.2, 0.25) is 0 Å². The average molecular weight is 301 g/mol. The summed E-state index contributed by atoms with van der Waals surface area (Å²) in [5.41, 5.74) is 5.97. The summed E-state index contributed by atoms with van der Waals surface area (Å²) in [6, 6.07) is 9.61. The van der Waals surface area contributed by atoms with Gasteiger partial charge in [-0.25, -0.2) is 4.98 Å². The van der Waals surface area contributed by atoms with E-state index in [-0.39, 0.29) is 0 Å².